The van der Waals surface area contributed by atoms with Gasteiger partial charge >= 0.3 is 0 Å². The summed E-state index contributed by atoms with van der Waals surface area (Å²) in [7, 11) is 0. The van der Waals surface area contributed by atoms with E-state index in [4.69, 9.17) is 9.68 Å². The average Bonchev–Trinajstić information content (AvgIpc) is 3.08. The first-order valence-corrected chi connectivity index (χ1v) is 7.34. The summed E-state index contributed by atoms with van der Waals surface area (Å²) >= 11 is 1.35. The van der Waals surface area contributed by atoms with E-state index < -0.39 is 0 Å². The molecule has 1 aromatic heterocycles. The van der Waals surface area contributed by atoms with Crippen molar-refractivity contribution in [1.29, 1.82) is 5.26 Å². The van der Waals surface area contributed by atoms with Gasteiger partial charge in [0.25, 0.3) is 0 Å². The molecule has 0 saturated carbocycles. The van der Waals surface area contributed by atoms with E-state index >= 15 is 0 Å². The van der Waals surface area contributed by atoms with Gasteiger partial charge in [-0.2, -0.15) is 5.26 Å². The zero-order valence-electron chi connectivity index (χ0n) is 11.4. The normalized spacial score (nSPS) is 10.2. The van der Waals surface area contributed by atoms with Gasteiger partial charge in [-0.25, -0.2) is 4.39 Å². The summed E-state index contributed by atoms with van der Waals surface area (Å²) in [5, 5.41) is 9.05. The number of benzene rings is 2. The molecule has 0 bridgehead atoms. The van der Waals surface area contributed by atoms with Crippen molar-refractivity contribution < 1.29 is 8.81 Å². The SMILES string of the molecule is N#Cc1ccc(-c2ccco2)c(NSc2ccc(F)cc2)c1. The first kappa shape index (κ1) is 14.2. The lowest BCUT2D eigenvalue weighted by atomic mass is 10.1. The van der Waals surface area contributed by atoms with E-state index in [0.717, 1.165) is 16.1 Å². The molecule has 5 heteroatoms. The third-order valence-electron chi connectivity index (χ3n) is 3.03. The Hall–Kier alpha value is -2.71. The molecule has 3 aromatic rings. The minimum absolute atomic E-state index is 0.271. The Balaban J connectivity index is 1.88. The van der Waals surface area contributed by atoms with E-state index in [-0.39, 0.29) is 5.82 Å². The molecule has 108 valence electrons. The summed E-state index contributed by atoms with van der Waals surface area (Å²) in [6.45, 7) is 0. The van der Waals surface area contributed by atoms with Gasteiger partial charge < -0.3 is 9.14 Å². The van der Waals surface area contributed by atoms with Gasteiger partial charge in [-0.15, -0.1) is 0 Å². The zero-order valence-corrected chi connectivity index (χ0v) is 12.2. The van der Waals surface area contributed by atoms with Crippen LogP contribution in [0.3, 0.4) is 0 Å². The topological polar surface area (TPSA) is 49.0 Å². The molecule has 0 amide bonds. The van der Waals surface area contributed by atoms with Gasteiger partial charge in [0.1, 0.15) is 11.6 Å². The number of anilines is 1. The monoisotopic (exact) mass is 310 g/mol. The highest BCUT2D eigenvalue weighted by Crippen LogP contribution is 2.32. The van der Waals surface area contributed by atoms with Gasteiger partial charge in [0.05, 0.1) is 23.6 Å². The summed E-state index contributed by atoms with van der Waals surface area (Å²) in [4.78, 5) is 0.870. The molecule has 0 aliphatic heterocycles. The van der Waals surface area contributed by atoms with Crippen LogP contribution in [0.2, 0.25) is 0 Å². The van der Waals surface area contributed by atoms with Crippen molar-refractivity contribution in [2.45, 2.75) is 4.90 Å². The van der Waals surface area contributed by atoms with E-state index in [9.17, 15) is 4.39 Å². The van der Waals surface area contributed by atoms with E-state index in [0.29, 0.717) is 11.3 Å². The minimum atomic E-state index is -0.271. The Bertz CT molecular complexity index is 808. The van der Waals surface area contributed by atoms with Crippen LogP contribution in [0, 0.1) is 17.1 Å². The molecular formula is C17H11FN2OS. The molecule has 1 heterocycles. The molecule has 22 heavy (non-hydrogen) atoms. The fraction of sp³-hybridized carbons (Fsp3) is 0. The maximum atomic E-state index is 12.9. The Morgan fingerprint density at radius 2 is 1.91 bits per heavy atom. The van der Waals surface area contributed by atoms with Gasteiger partial charge in [0.2, 0.25) is 0 Å². The van der Waals surface area contributed by atoms with Crippen molar-refractivity contribution >= 4 is 17.6 Å². The lowest BCUT2D eigenvalue weighted by Crippen LogP contribution is -1.91. The van der Waals surface area contributed by atoms with E-state index in [2.05, 4.69) is 10.8 Å². The molecular weight excluding hydrogens is 299 g/mol. The van der Waals surface area contributed by atoms with Crippen molar-refractivity contribution in [1.82, 2.24) is 0 Å². The summed E-state index contributed by atoms with van der Waals surface area (Å²) in [5.41, 5.74) is 2.18. The molecule has 2 aromatic carbocycles. The molecule has 0 aliphatic rings. The molecule has 0 atom stereocenters. The van der Waals surface area contributed by atoms with Crippen LogP contribution in [0.15, 0.2) is 70.2 Å². The molecule has 0 spiro atoms. The largest absolute Gasteiger partial charge is 0.464 e. The lowest BCUT2D eigenvalue weighted by Gasteiger charge is -2.10. The van der Waals surface area contributed by atoms with Gasteiger partial charge in [0, 0.05) is 10.5 Å². The minimum Gasteiger partial charge on any atom is -0.464 e. The Kier molecular flexibility index (Phi) is 4.12. The first-order chi connectivity index (χ1) is 10.8. The summed E-state index contributed by atoms with van der Waals surface area (Å²) < 4.78 is 21.5. The number of halogens is 1. The maximum absolute atomic E-state index is 12.9. The van der Waals surface area contributed by atoms with Crippen molar-refractivity contribution in [3.05, 3.63) is 72.2 Å². The number of nitriles is 1. The molecule has 0 fully saturated rings. The van der Waals surface area contributed by atoms with Crippen molar-refractivity contribution in [2.24, 2.45) is 0 Å². The fourth-order valence-electron chi connectivity index (χ4n) is 1.96. The van der Waals surface area contributed by atoms with Gasteiger partial charge in [0.15, 0.2) is 0 Å². The number of hydrogen-bond donors (Lipinski definition) is 1. The van der Waals surface area contributed by atoms with Crippen LogP contribution in [-0.4, -0.2) is 0 Å². The Morgan fingerprint density at radius 3 is 2.59 bits per heavy atom. The van der Waals surface area contributed by atoms with E-state index in [1.54, 1.807) is 30.5 Å². The number of nitrogens with one attached hydrogen (secondary N) is 1. The van der Waals surface area contributed by atoms with Crippen LogP contribution in [0.25, 0.3) is 11.3 Å². The predicted octanol–water partition coefficient (Wildman–Crippen LogP) is 5.08. The molecule has 0 radical (unpaired) electrons. The summed E-state index contributed by atoms with van der Waals surface area (Å²) in [6, 6.07) is 17.3. The highest BCUT2D eigenvalue weighted by molar-refractivity contribution is 8.00. The quantitative estimate of drug-likeness (QED) is 0.683. The predicted molar refractivity (Wildman–Crippen MR) is 84.7 cm³/mol. The van der Waals surface area contributed by atoms with Crippen LogP contribution in [0.4, 0.5) is 10.1 Å². The van der Waals surface area contributed by atoms with Crippen molar-refractivity contribution in [3.8, 4) is 17.4 Å². The number of nitrogens with zero attached hydrogens (tertiary/aromatic N) is 1. The lowest BCUT2D eigenvalue weighted by molar-refractivity contribution is 0.582. The molecule has 1 N–H and O–H groups in total. The van der Waals surface area contributed by atoms with Crippen molar-refractivity contribution in [2.75, 3.05) is 4.72 Å². The third-order valence-corrected chi connectivity index (χ3v) is 3.86. The van der Waals surface area contributed by atoms with Gasteiger partial charge in [-0.05, 0) is 66.5 Å². The second kappa shape index (κ2) is 6.37. The average molecular weight is 310 g/mol. The van der Waals surface area contributed by atoms with E-state index in [1.807, 2.05) is 18.2 Å². The highest BCUT2D eigenvalue weighted by atomic mass is 32.2. The highest BCUT2D eigenvalue weighted by Gasteiger charge is 2.09. The number of rotatable bonds is 4. The molecule has 0 unspecified atom stereocenters. The van der Waals surface area contributed by atoms with Crippen LogP contribution in [-0.2, 0) is 0 Å². The second-order valence-electron chi connectivity index (χ2n) is 4.51. The van der Waals surface area contributed by atoms with E-state index in [1.165, 1.54) is 24.1 Å². The van der Waals surface area contributed by atoms with Crippen LogP contribution < -0.4 is 4.72 Å². The zero-order chi connectivity index (χ0) is 15.4. The smallest absolute Gasteiger partial charge is 0.135 e. The third kappa shape index (κ3) is 3.13. The van der Waals surface area contributed by atoms with Crippen molar-refractivity contribution in [3.63, 3.8) is 0 Å². The van der Waals surface area contributed by atoms with Crippen LogP contribution in [0.5, 0.6) is 0 Å². The summed E-state index contributed by atoms with van der Waals surface area (Å²) in [5.74, 6) is 0.443. The molecule has 3 nitrogen and oxygen atoms in total. The molecule has 0 saturated heterocycles. The fourth-order valence-corrected chi connectivity index (χ4v) is 2.63. The number of furan rings is 1. The second-order valence-corrected chi connectivity index (χ2v) is 5.39. The summed E-state index contributed by atoms with van der Waals surface area (Å²) in [6.07, 6.45) is 1.60. The standard InChI is InChI=1S/C17H11FN2OS/c18-13-4-6-14(7-5-13)22-20-16-10-12(11-19)3-8-15(16)17-2-1-9-21-17/h1-10,20H. The number of hydrogen-bond acceptors (Lipinski definition) is 4. The Morgan fingerprint density at radius 1 is 1.09 bits per heavy atom. The van der Waals surface area contributed by atoms with Gasteiger partial charge in [-0.1, -0.05) is 0 Å². The molecule has 3 rings (SSSR count). The Labute approximate surface area is 131 Å². The van der Waals surface area contributed by atoms with Crippen LogP contribution >= 0.6 is 11.9 Å². The molecule has 0 aliphatic carbocycles. The van der Waals surface area contributed by atoms with Gasteiger partial charge in [-0.3, -0.25) is 0 Å². The first-order valence-electron chi connectivity index (χ1n) is 6.53. The van der Waals surface area contributed by atoms with Crippen LogP contribution in [0.1, 0.15) is 5.56 Å². The maximum Gasteiger partial charge on any atom is 0.135 e.